The van der Waals surface area contributed by atoms with Crippen LogP contribution in [0.5, 0.6) is 0 Å². The molecule has 1 heterocycles. The van der Waals surface area contributed by atoms with Crippen LogP contribution in [-0.4, -0.2) is 22.2 Å². The molecule has 0 radical (unpaired) electrons. The first-order valence-corrected chi connectivity index (χ1v) is 9.08. The third-order valence-corrected chi connectivity index (χ3v) is 4.92. The minimum Gasteiger partial charge on any atom is -0.350 e. The van der Waals surface area contributed by atoms with Gasteiger partial charge >= 0.3 is 0 Å². The van der Waals surface area contributed by atoms with Crippen molar-refractivity contribution < 1.29 is 4.79 Å². The van der Waals surface area contributed by atoms with Gasteiger partial charge in [-0.15, -0.1) is 0 Å². The Balaban J connectivity index is 1.46. The van der Waals surface area contributed by atoms with Crippen LogP contribution in [-0.2, 0) is 19.4 Å². The molecule has 4 rings (SSSR count). The van der Waals surface area contributed by atoms with Gasteiger partial charge in [0, 0.05) is 18.2 Å². The summed E-state index contributed by atoms with van der Waals surface area (Å²) in [7, 11) is 0. The summed E-state index contributed by atoms with van der Waals surface area (Å²) in [6, 6.07) is 15.2. The number of carbonyl (C=O) groups excluding carboxylic acids is 1. The van der Waals surface area contributed by atoms with Gasteiger partial charge in [-0.1, -0.05) is 36.4 Å². The lowest BCUT2D eigenvalue weighted by Gasteiger charge is -2.16. The van der Waals surface area contributed by atoms with Crippen LogP contribution in [0.1, 0.15) is 34.5 Å². The number of aromatic nitrogens is 2. The van der Waals surface area contributed by atoms with E-state index in [1.54, 1.807) is 6.07 Å². The van der Waals surface area contributed by atoms with E-state index in [1.807, 2.05) is 42.5 Å². The third-order valence-electron chi connectivity index (χ3n) is 4.92. The quantitative estimate of drug-likeness (QED) is 0.789. The molecule has 0 fully saturated rings. The molecule has 0 saturated heterocycles. The van der Waals surface area contributed by atoms with Crippen molar-refractivity contribution in [3.63, 3.8) is 0 Å². The molecule has 1 N–H and O–H groups in total. The van der Waals surface area contributed by atoms with Crippen molar-refractivity contribution in [3.05, 3.63) is 75.7 Å². The highest BCUT2D eigenvalue weighted by Gasteiger charge is 2.14. The van der Waals surface area contributed by atoms with Gasteiger partial charge in [0.2, 0.25) is 0 Å². The fourth-order valence-corrected chi connectivity index (χ4v) is 3.56. The number of hydrogen-bond acceptors (Lipinski definition) is 3. The van der Waals surface area contributed by atoms with Gasteiger partial charge in [0.25, 0.3) is 11.5 Å². The van der Waals surface area contributed by atoms with E-state index in [4.69, 9.17) is 0 Å². The lowest BCUT2D eigenvalue weighted by atomic mass is 9.97. The molecule has 5 nitrogen and oxygen atoms in total. The first-order chi connectivity index (χ1) is 12.7. The third kappa shape index (κ3) is 3.25. The monoisotopic (exact) mass is 347 g/mol. The molecule has 26 heavy (non-hydrogen) atoms. The Morgan fingerprint density at radius 2 is 1.88 bits per heavy atom. The Kier molecular flexibility index (Phi) is 4.52. The summed E-state index contributed by atoms with van der Waals surface area (Å²) < 4.78 is 1.47. The predicted molar refractivity (Wildman–Crippen MR) is 101 cm³/mol. The van der Waals surface area contributed by atoms with Crippen molar-refractivity contribution in [2.75, 3.05) is 6.54 Å². The fourth-order valence-electron chi connectivity index (χ4n) is 3.56. The van der Waals surface area contributed by atoms with Gasteiger partial charge in [-0.2, -0.15) is 5.10 Å². The molecule has 1 aromatic heterocycles. The number of fused-ring (bicyclic) bond motifs is 2. The van der Waals surface area contributed by atoms with Gasteiger partial charge in [0.15, 0.2) is 0 Å². The molecule has 1 aliphatic rings. The molecule has 1 amide bonds. The van der Waals surface area contributed by atoms with Crippen molar-refractivity contribution in [3.8, 4) is 0 Å². The Bertz CT molecular complexity index is 1020. The summed E-state index contributed by atoms with van der Waals surface area (Å²) in [4.78, 5) is 24.7. The zero-order valence-electron chi connectivity index (χ0n) is 14.6. The number of benzene rings is 2. The molecule has 2 aromatic carbocycles. The highest BCUT2D eigenvalue weighted by atomic mass is 16.2. The Hall–Kier alpha value is -2.95. The number of nitrogens with zero attached hydrogens (tertiary/aromatic N) is 2. The van der Waals surface area contributed by atoms with Crippen LogP contribution < -0.4 is 10.9 Å². The van der Waals surface area contributed by atoms with E-state index < -0.39 is 0 Å². The van der Waals surface area contributed by atoms with Gasteiger partial charge in [0.05, 0.1) is 12.2 Å². The number of amides is 1. The average Bonchev–Trinajstić information content (AvgIpc) is 2.67. The normalized spacial score (nSPS) is 13.4. The molecule has 0 spiro atoms. The smallest absolute Gasteiger partial charge is 0.267 e. The van der Waals surface area contributed by atoms with E-state index in [2.05, 4.69) is 10.4 Å². The van der Waals surface area contributed by atoms with Crippen LogP contribution in [0.25, 0.3) is 10.8 Å². The highest BCUT2D eigenvalue weighted by Crippen LogP contribution is 2.18. The Labute approximate surface area is 151 Å². The largest absolute Gasteiger partial charge is 0.350 e. The highest BCUT2D eigenvalue weighted by molar-refractivity contribution is 6.06. The molecule has 5 heteroatoms. The number of nitrogens with one attached hydrogen (secondary N) is 1. The standard InChI is InChI=1S/C21H21N3O2/c25-20-14-16-7-2-4-11-19(16)23-24(20)13-12-22-21(26)18-10-5-8-15-6-1-3-9-17(15)18/h1,3,5-6,8-10,14H,2,4,7,11-13H2,(H,22,26). The van der Waals surface area contributed by atoms with Gasteiger partial charge in [-0.25, -0.2) is 4.68 Å². The average molecular weight is 347 g/mol. The second kappa shape index (κ2) is 7.12. The van der Waals surface area contributed by atoms with Gasteiger partial charge < -0.3 is 5.32 Å². The van der Waals surface area contributed by atoms with Crippen LogP contribution in [0.4, 0.5) is 0 Å². The van der Waals surface area contributed by atoms with Gasteiger partial charge in [0.1, 0.15) is 0 Å². The summed E-state index contributed by atoms with van der Waals surface area (Å²) in [5, 5.41) is 9.36. The number of carbonyl (C=O) groups is 1. The van der Waals surface area contributed by atoms with E-state index in [0.29, 0.717) is 18.7 Å². The zero-order chi connectivity index (χ0) is 17.9. The first-order valence-electron chi connectivity index (χ1n) is 9.08. The van der Waals surface area contributed by atoms with Gasteiger partial charge in [-0.05, 0) is 48.1 Å². The molecule has 3 aromatic rings. The predicted octanol–water partition coefficient (Wildman–Crippen LogP) is 2.71. The summed E-state index contributed by atoms with van der Waals surface area (Å²) in [6.07, 6.45) is 4.11. The van der Waals surface area contributed by atoms with Crippen molar-refractivity contribution >= 4 is 16.7 Å². The molecular weight excluding hydrogens is 326 g/mol. The molecule has 0 saturated carbocycles. The van der Waals surface area contributed by atoms with Crippen molar-refractivity contribution in [1.29, 1.82) is 0 Å². The molecular formula is C21H21N3O2. The van der Waals surface area contributed by atoms with Crippen LogP contribution >= 0.6 is 0 Å². The molecule has 1 aliphatic carbocycles. The summed E-state index contributed by atoms with van der Waals surface area (Å²) in [5.41, 5.74) is 2.66. The Morgan fingerprint density at radius 1 is 1.08 bits per heavy atom. The van der Waals surface area contributed by atoms with E-state index in [1.165, 1.54) is 4.68 Å². The SMILES string of the molecule is O=C(NCCn1nc2c(cc1=O)CCCC2)c1cccc2ccccc12. The van der Waals surface area contributed by atoms with Gasteiger partial charge in [-0.3, -0.25) is 9.59 Å². The molecule has 132 valence electrons. The Morgan fingerprint density at radius 3 is 2.81 bits per heavy atom. The number of rotatable bonds is 4. The van der Waals surface area contributed by atoms with Crippen LogP contribution in [0.15, 0.2) is 53.3 Å². The maximum Gasteiger partial charge on any atom is 0.267 e. The minimum absolute atomic E-state index is 0.0925. The molecule has 0 atom stereocenters. The van der Waals surface area contributed by atoms with E-state index in [0.717, 1.165) is 47.7 Å². The van der Waals surface area contributed by atoms with Crippen molar-refractivity contribution in [2.24, 2.45) is 0 Å². The zero-order valence-corrected chi connectivity index (χ0v) is 14.6. The second-order valence-corrected chi connectivity index (χ2v) is 6.67. The summed E-state index contributed by atoms with van der Waals surface area (Å²) in [5.74, 6) is -0.132. The van der Waals surface area contributed by atoms with Crippen LogP contribution in [0, 0.1) is 0 Å². The lowest BCUT2D eigenvalue weighted by molar-refractivity contribution is 0.0953. The van der Waals surface area contributed by atoms with Crippen molar-refractivity contribution in [2.45, 2.75) is 32.2 Å². The van der Waals surface area contributed by atoms with Crippen molar-refractivity contribution in [1.82, 2.24) is 15.1 Å². The summed E-state index contributed by atoms with van der Waals surface area (Å²) >= 11 is 0. The van der Waals surface area contributed by atoms with E-state index in [-0.39, 0.29) is 11.5 Å². The second-order valence-electron chi connectivity index (χ2n) is 6.67. The first kappa shape index (κ1) is 16.5. The van der Waals surface area contributed by atoms with Crippen LogP contribution in [0.3, 0.4) is 0 Å². The minimum atomic E-state index is -0.132. The maximum absolute atomic E-state index is 12.5. The fraction of sp³-hybridized carbons (Fsp3) is 0.286. The van der Waals surface area contributed by atoms with E-state index >= 15 is 0 Å². The number of hydrogen-bond donors (Lipinski definition) is 1. The lowest BCUT2D eigenvalue weighted by Crippen LogP contribution is -2.33. The maximum atomic E-state index is 12.5. The topological polar surface area (TPSA) is 64.0 Å². The molecule has 0 aliphatic heterocycles. The number of aryl methyl sites for hydroxylation is 2. The molecule has 0 unspecified atom stereocenters. The van der Waals surface area contributed by atoms with Crippen LogP contribution in [0.2, 0.25) is 0 Å². The summed E-state index contributed by atoms with van der Waals surface area (Å²) in [6.45, 7) is 0.746. The van der Waals surface area contributed by atoms with E-state index in [9.17, 15) is 9.59 Å². The molecule has 0 bridgehead atoms.